The summed E-state index contributed by atoms with van der Waals surface area (Å²) in [6, 6.07) is 11.6. The average molecular weight is 445 g/mol. The van der Waals surface area contributed by atoms with Crippen LogP contribution >= 0.6 is 11.6 Å². The van der Waals surface area contributed by atoms with Gasteiger partial charge in [-0.25, -0.2) is 0 Å². The first kappa shape index (κ1) is 23.0. The van der Waals surface area contributed by atoms with E-state index < -0.39 is 0 Å². The zero-order valence-electron chi connectivity index (χ0n) is 18.2. The number of methoxy groups -OCH3 is 3. The highest BCUT2D eigenvalue weighted by atomic mass is 35.5. The second-order valence-corrected chi connectivity index (χ2v) is 7.72. The lowest BCUT2D eigenvalue weighted by atomic mass is 10.0. The summed E-state index contributed by atoms with van der Waals surface area (Å²) < 4.78 is 16.1. The van der Waals surface area contributed by atoms with Gasteiger partial charge in [-0.15, -0.1) is 0 Å². The molecule has 0 radical (unpaired) electrons. The molecule has 2 aromatic rings. The molecular formula is C24H29ClN2O4. The summed E-state index contributed by atoms with van der Waals surface area (Å²) in [7, 11) is 4.76. The summed E-state index contributed by atoms with van der Waals surface area (Å²) in [5.41, 5.74) is 1.83. The van der Waals surface area contributed by atoms with Crippen LogP contribution < -0.4 is 19.5 Å². The predicted octanol–water partition coefficient (Wildman–Crippen LogP) is 4.33. The maximum absolute atomic E-state index is 12.5. The van der Waals surface area contributed by atoms with Crippen LogP contribution in [0, 0.1) is 0 Å². The molecule has 0 aromatic heterocycles. The van der Waals surface area contributed by atoms with E-state index in [-0.39, 0.29) is 11.9 Å². The number of benzene rings is 2. The van der Waals surface area contributed by atoms with Gasteiger partial charge >= 0.3 is 0 Å². The molecule has 1 aliphatic rings. The smallest absolute Gasteiger partial charge is 0.244 e. The van der Waals surface area contributed by atoms with Crippen molar-refractivity contribution in [2.24, 2.45) is 0 Å². The van der Waals surface area contributed by atoms with Gasteiger partial charge in [-0.3, -0.25) is 9.69 Å². The molecule has 1 saturated heterocycles. The lowest BCUT2D eigenvalue weighted by molar-refractivity contribution is -0.116. The van der Waals surface area contributed by atoms with Gasteiger partial charge in [0.05, 0.1) is 32.4 Å². The minimum Gasteiger partial charge on any atom is -0.496 e. The number of carbonyl (C=O) groups is 1. The van der Waals surface area contributed by atoms with Crippen molar-refractivity contribution < 1.29 is 19.0 Å². The van der Waals surface area contributed by atoms with E-state index in [2.05, 4.69) is 16.3 Å². The van der Waals surface area contributed by atoms with Gasteiger partial charge in [-0.2, -0.15) is 0 Å². The normalized spacial score (nSPS) is 15.1. The molecule has 1 aliphatic heterocycles. The molecule has 0 bridgehead atoms. The lowest BCUT2D eigenvalue weighted by Gasteiger charge is -2.29. The SMILES string of the molecule is COc1ccccc1C(CNC(=O)/C=C/c1cc(Cl)c(OC)c(OC)c1)N1CCCC1. The van der Waals surface area contributed by atoms with Crippen LogP contribution in [-0.2, 0) is 4.79 Å². The molecule has 0 aliphatic carbocycles. The highest BCUT2D eigenvalue weighted by Crippen LogP contribution is 2.36. The largest absolute Gasteiger partial charge is 0.496 e. The minimum atomic E-state index is -0.176. The van der Waals surface area contributed by atoms with Crippen molar-refractivity contribution in [1.82, 2.24) is 10.2 Å². The van der Waals surface area contributed by atoms with E-state index in [1.165, 1.54) is 26.0 Å². The van der Waals surface area contributed by atoms with Crippen molar-refractivity contribution in [2.45, 2.75) is 18.9 Å². The van der Waals surface area contributed by atoms with Crippen LogP contribution in [0.15, 0.2) is 42.5 Å². The summed E-state index contributed by atoms with van der Waals surface area (Å²) in [6.45, 7) is 2.52. The van der Waals surface area contributed by atoms with Crippen LogP contribution in [0.5, 0.6) is 17.2 Å². The quantitative estimate of drug-likeness (QED) is 0.583. The Morgan fingerprint density at radius 1 is 1.10 bits per heavy atom. The number of nitrogens with one attached hydrogen (secondary N) is 1. The van der Waals surface area contributed by atoms with Crippen molar-refractivity contribution in [1.29, 1.82) is 0 Å². The van der Waals surface area contributed by atoms with Gasteiger partial charge in [-0.05, 0) is 55.8 Å². The number of hydrogen-bond acceptors (Lipinski definition) is 5. The van der Waals surface area contributed by atoms with Gasteiger partial charge in [0.25, 0.3) is 0 Å². The summed E-state index contributed by atoms with van der Waals surface area (Å²) in [4.78, 5) is 14.9. The van der Waals surface area contributed by atoms with Crippen LogP contribution in [-0.4, -0.2) is 51.8 Å². The summed E-state index contributed by atoms with van der Waals surface area (Å²) in [5, 5.41) is 3.46. The first-order chi connectivity index (χ1) is 15.1. The molecule has 1 heterocycles. The van der Waals surface area contributed by atoms with Gasteiger partial charge in [0.1, 0.15) is 5.75 Å². The maximum atomic E-state index is 12.5. The van der Waals surface area contributed by atoms with Crippen molar-refractivity contribution in [3.05, 3.63) is 58.6 Å². The monoisotopic (exact) mass is 444 g/mol. The van der Waals surface area contributed by atoms with Gasteiger partial charge in [0.2, 0.25) is 5.91 Å². The second-order valence-electron chi connectivity index (χ2n) is 7.32. The Morgan fingerprint density at radius 3 is 2.48 bits per heavy atom. The summed E-state index contributed by atoms with van der Waals surface area (Å²) in [5.74, 6) is 1.64. The molecule has 1 N–H and O–H groups in total. The van der Waals surface area contributed by atoms with Crippen LogP contribution in [0.25, 0.3) is 6.08 Å². The van der Waals surface area contributed by atoms with Crippen molar-refractivity contribution in [3.8, 4) is 17.2 Å². The van der Waals surface area contributed by atoms with Crippen LogP contribution in [0.4, 0.5) is 0 Å². The molecule has 166 valence electrons. The van der Waals surface area contributed by atoms with E-state index in [9.17, 15) is 4.79 Å². The van der Waals surface area contributed by atoms with Gasteiger partial charge < -0.3 is 19.5 Å². The maximum Gasteiger partial charge on any atom is 0.244 e. The molecule has 1 amide bonds. The van der Waals surface area contributed by atoms with E-state index in [0.717, 1.165) is 30.0 Å². The first-order valence-corrected chi connectivity index (χ1v) is 10.7. The number of amides is 1. The standard InChI is InChI=1S/C24H29ClN2O4/c1-29-21-9-5-4-8-18(21)20(27-12-6-7-13-27)16-26-23(28)11-10-17-14-19(25)24(31-3)22(15-17)30-2/h4-5,8-11,14-15,20H,6-7,12-13,16H2,1-3H3,(H,26,28)/b11-10+. The zero-order valence-corrected chi connectivity index (χ0v) is 18.9. The van der Waals surface area contributed by atoms with Crippen LogP contribution in [0.2, 0.25) is 5.02 Å². The third kappa shape index (κ3) is 5.71. The average Bonchev–Trinajstić information content (AvgIpc) is 3.32. The Balaban J connectivity index is 1.71. The molecule has 2 aromatic carbocycles. The number of carbonyl (C=O) groups excluding carboxylic acids is 1. The molecule has 0 saturated carbocycles. The molecular weight excluding hydrogens is 416 g/mol. The summed E-state index contributed by atoms with van der Waals surface area (Å²) in [6.07, 6.45) is 5.54. The Labute approximate surface area is 188 Å². The molecule has 7 heteroatoms. The van der Waals surface area contributed by atoms with E-state index >= 15 is 0 Å². The number of halogens is 1. The van der Waals surface area contributed by atoms with Crippen molar-refractivity contribution >= 4 is 23.6 Å². The van der Waals surface area contributed by atoms with Crippen LogP contribution in [0.1, 0.15) is 30.0 Å². The number of nitrogens with zero attached hydrogens (tertiary/aromatic N) is 1. The first-order valence-electron chi connectivity index (χ1n) is 10.3. The number of likely N-dealkylation sites (tertiary alicyclic amines) is 1. The van der Waals surface area contributed by atoms with E-state index in [0.29, 0.717) is 23.1 Å². The Bertz CT molecular complexity index is 926. The minimum absolute atomic E-state index is 0.0616. The number of hydrogen-bond donors (Lipinski definition) is 1. The Morgan fingerprint density at radius 2 is 1.81 bits per heavy atom. The van der Waals surface area contributed by atoms with Crippen LogP contribution in [0.3, 0.4) is 0 Å². The highest BCUT2D eigenvalue weighted by Gasteiger charge is 2.26. The highest BCUT2D eigenvalue weighted by molar-refractivity contribution is 6.32. The van der Waals surface area contributed by atoms with Crippen molar-refractivity contribution in [3.63, 3.8) is 0 Å². The van der Waals surface area contributed by atoms with Gasteiger partial charge in [-0.1, -0.05) is 29.8 Å². The van der Waals surface area contributed by atoms with Crippen molar-refractivity contribution in [2.75, 3.05) is 41.0 Å². The van der Waals surface area contributed by atoms with Gasteiger partial charge in [0, 0.05) is 18.2 Å². The Kier molecular flexibility index (Phi) is 8.20. The molecule has 1 atom stereocenters. The lowest BCUT2D eigenvalue weighted by Crippen LogP contribution is -2.36. The molecule has 1 unspecified atom stereocenters. The van der Waals surface area contributed by atoms with Gasteiger partial charge in [0.15, 0.2) is 11.5 Å². The molecule has 3 rings (SSSR count). The third-order valence-corrected chi connectivity index (χ3v) is 5.71. The van der Waals surface area contributed by atoms with E-state index in [1.54, 1.807) is 32.4 Å². The number of ether oxygens (including phenoxy) is 3. The fourth-order valence-electron chi connectivity index (χ4n) is 3.89. The third-order valence-electron chi connectivity index (χ3n) is 5.43. The number of rotatable bonds is 9. The summed E-state index contributed by atoms with van der Waals surface area (Å²) >= 11 is 6.24. The molecule has 1 fully saturated rings. The topological polar surface area (TPSA) is 60.0 Å². The fraction of sp³-hybridized carbons (Fsp3) is 0.375. The number of para-hydroxylation sites is 1. The van der Waals surface area contributed by atoms with E-state index in [4.69, 9.17) is 25.8 Å². The molecule has 6 nitrogen and oxygen atoms in total. The molecule has 0 spiro atoms. The Hall–Kier alpha value is -2.70. The van der Waals surface area contributed by atoms with E-state index in [1.807, 2.05) is 18.2 Å². The predicted molar refractivity (Wildman–Crippen MR) is 123 cm³/mol. The second kappa shape index (κ2) is 11.1. The fourth-order valence-corrected chi connectivity index (χ4v) is 4.19. The molecule has 31 heavy (non-hydrogen) atoms. The zero-order chi connectivity index (χ0) is 22.2.